The topological polar surface area (TPSA) is 156 Å². The van der Waals surface area contributed by atoms with E-state index in [2.05, 4.69) is 35.8 Å². The van der Waals surface area contributed by atoms with Crippen LogP contribution in [0.2, 0.25) is 0 Å². The number of nitrogen functional groups attached to an aromatic ring is 1. The number of para-hydroxylation sites is 1. The van der Waals surface area contributed by atoms with E-state index in [-0.39, 0.29) is 17.3 Å². The average molecular weight is 448 g/mol. The van der Waals surface area contributed by atoms with Gasteiger partial charge in [0.25, 0.3) is 5.91 Å². The van der Waals surface area contributed by atoms with Crippen LogP contribution in [0.5, 0.6) is 11.5 Å². The van der Waals surface area contributed by atoms with Crippen LogP contribution < -0.4 is 20.6 Å². The van der Waals surface area contributed by atoms with Gasteiger partial charge in [-0.1, -0.05) is 41.1 Å². The maximum Gasteiger partial charge on any atom is 0.294 e. The van der Waals surface area contributed by atoms with E-state index in [9.17, 15) is 4.79 Å². The van der Waals surface area contributed by atoms with Crippen molar-refractivity contribution in [1.82, 2.24) is 30.7 Å². The lowest BCUT2D eigenvalue weighted by atomic mass is 10.1. The van der Waals surface area contributed by atoms with E-state index < -0.39 is 5.91 Å². The Bertz CT molecular complexity index is 1310. The highest BCUT2D eigenvalue weighted by molar-refractivity contribution is 5.99. The molecule has 0 unspecified atom stereocenters. The van der Waals surface area contributed by atoms with Crippen molar-refractivity contribution in [3.63, 3.8) is 0 Å². The van der Waals surface area contributed by atoms with E-state index >= 15 is 0 Å². The van der Waals surface area contributed by atoms with Crippen LogP contribution in [0, 0.1) is 6.92 Å². The number of nitrogens with two attached hydrogens (primary N) is 1. The highest BCUT2D eigenvalue weighted by atomic mass is 16.6. The predicted molar refractivity (Wildman–Crippen MR) is 118 cm³/mol. The Labute approximate surface area is 188 Å². The molecule has 4 aromatic rings. The van der Waals surface area contributed by atoms with Gasteiger partial charge in [0.1, 0.15) is 5.69 Å². The SMILES string of the molecule is COc1cccc(/C=N/NC(=O)c2nnn(-c3nonc3N)c2-c2ccc(C)cc2)c1OC. The summed E-state index contributed by atoms with van der Waals surface area (Å²) in [6, 6.07) is 12.8. The molecule has 2 aromatic carbocycles. The first-order chi connectivity index (χ1) is 16.0. The number of hydrogen-bond acceptors (Lipinski definition) is 10. The molecule has 2 heterocycles. The van der Waals surface area contributed by atoms with Gasteiger partial charge in [-0.05, 0) is 29.4 Å². The van der Waals surface area contributed by atoms with Crippen LogP contribution in [0.25, 0.3) is 17.1 Å². The Kier molecular flexibility index (Phi) is 5.98. The molecule has 0 bridgehead atoms. The van der Waals surface area contributed by atoms with Crippen molar-refractivity contribution in [3.05, 3.63) is 59.3 Å². The summed E-state index contributed by atoms with van der Waals surface area (Å²) in [5.41, 5.74) is 11.0. The highest BCUT2D eigenvalue weighted by Crippen LogP contribution is 2.29. The number of amides is 1. The second kappa shape index (κ2) is 9.18. The van der Waals surface area contributed by atoms with Gasteiger partial charge in [-0.15, -0.1) is 5.10 Å². The van der Waals surface area contributed by atoms with Crippen LogP contribution in [-0.2, 0) is 0 Å². The summed E-state index contributed by atoms with van der Waals surface area (Å²) >= 11 is 0. The number of rotatable bonds is 7. The van der Waals surface area contributed by atoms with E-state index in [0.717, 1.165) is 5.56 Å². The number of nitrogens with one attached hydrogen (secondary N) is 1. The molecule has 2 aromatic heterocycles. The van der Waals surface area contributed by atoms with E-state index in [4.69, 9.17) is 15.2 Å². The maximum absolute atomic E-state index is 13.0. The molecule has 0 saturated carbocycles. The summed E-state index contributed by atoms with van der Waals surface area (Å²) in [6.45, 7) is 1.95. The predicted octanol–water partition coefficient (Wildman–Crippen LogP) is 1.99. The lowest BCUT2D eigenvalue weighted by Gasteiger charge is -2.09. The molecule has 168 valence electrons. The molecule has 33 heavy (non-hydrogen) atoms. The summed E-state index contributed by atoms with van der Waals surface area (Å²) in [5, 5.41) is 19.4. The number of hydrazone groups is 1. The molecular weight excluding hydrogens is 428 g/mol. The van der Waals surface area contributed by atoms with E-state index in [0.29, 0.717) is 28.3 Å². The van der Waals surface area contributed by atoms with Gasteiger partial charge in [0.2, 0.25) is 11.6 Å². The Morgan fingerprint density at radius 1 is 1.15 bits per heavy atom. The molecule has 0 saturated heterocycles. The lowest BCUT2D eigenvalue weighted by molar-refractivity contribution is 0.0950. The number of methoxy groups -OCH3 is 2. The first kappa shape index (κ1) is 21.5. The molecule has 0 fully saturated rings. The number of carbonyl (C=O) groups is 1. The van der Waals surface area contributed by atoms with Crippen molar-refractivity contribution < 1.29 is 18.9 Å². The second-order valence-corrected chi connectivity index (χ2v) is 6.82. The minimum Gasteiger partial charge on any atom is -0.493 e. The third kappa shape index (κ3) is 4.21. The van der Waals surface area contributed by atoms with E-state index in [1.807, 2.05) is 31.2 Å². The summed E-state index contributed by atoms with van der Waals surface area (Å²) < 4.78 is 16.6. The van der Waals surface area contributed by atoms with Gasteiger partial charge in [-0.2, -0.15) is 9.78 Å². The molecule has 12 heteroatoms. The van der Waals surface area contributed by atoms with Crippen LogP contribution in [0.4, 0.5) is 5.82 Å². The Morgan fingerprint density at radius 2 is 1.94 bits per heavy atom. The van der Waals surface area contributed by atoms with E-state index in [1.165, 1.54) is 25.1 Å². The zero-order valence-electron chi connectivity index (χ0n) is 18.0. The normalized spacial score (nSPS) is 11.0. The minimum atomic E-state index is -0.593. The zero-order chi connectivity index (χ0) is 23.4. The number of aromatic nitrogens is 5. The average Bonchev–Trinajstić information content (AvgIpc) is 3.45. The molecule has 0 aliphatic heterocycles. The number of nitrogens with zero attached hydrogens (tertiary/aromatic N) is 6. The first-order valence-electron chi connectivity index (χ1n) is 9.69. The standard InChI is InChI=1S/C21H20N8O4/c1-12-7-9-13(10-8-12)17-16(24-28-29(17)20-19(22)26-33-27-20)21(30)25-23-11-14-5-4-6-15(31-2)18(14)32-3/h4-11H,1-3H3,(H2,22,26)(H,25,30)/b23-11+. The third-order valence-corrected chi connectivity index (χ3v) is 4.71. The van der Waals surface area contributed by atoms with E-state index in [1.54, 1.807) is 18.2 Å². The van der Waals surface area contributed by atoms with Crippen LogP contribution in [0.3, 0.4) is 0 Å². The van der Waals surface area contributed by atoms with Gasteiger partial charge in [-0.3, -0.25) is 4.79 Å². The molecule has 12 nitrogen and oxygen atoms in total. The van der Waals surface area contributed by atoms with Crippen molar-refractivity contribution in [2.75, 3.05) is 20.0 Å². The van der Waals surface area contributed by atoms with Crippen LogP contribution in [0.1, 0.15) is 21.6 Å². The Morgan fingerprint density at radius 3 is 2.61 bits per heavy atom. The smallest absolute Gasteiger partial charge is 0.294 e. The summed E-state index contributed by atoms with van der Waals surface area (Å²) in [4.78, 5) is 13.0. The number of hydrogen-bond donors (Lipinski definition) is 2. The lowest BCUT2D eigenvalue weighted by Crippen LogP contribution is -2.19. The quantitative estimate of drug-likeness (QED) is 0.319. The Hall–Kier alpha value is -4.74. The fraction of sp³-hybridized carbons (Fsp3) is 0.143. The molecule has 0 atom stereocenters. The number of benzene rings is 2. The van der Waals surface area contributed by atoms with Gasteiger partial charge < -0.3 is 15.2 Å². The number of anilines is 1. The molecule has 0 radical (unpaired) electrons. The summed E-state index contributed by atoms with van der Waals surface area (Å²) in [7, 11) is 3.05. The van der Waals surface area contributed by atoms with Crippen molar-refractivity contribution in [2.45, 2.75) is 6.92 Å². The molecule has 0 aliphatic rings. The molecule has 4 rings (SSSR count). The number of carbonyl (C=O) groups excluding carboxylic acids is 1. The van der Waals surface area contributed by atoms with Crippen LogP contribution in [0.15, 0.2) is 52.2 Å². The first-order valence-corrected chi connectivity index (χ1v) is 9.69. The van der Waals surface area contributed by atoms with Gasteiger partial charge in [-0.25, -0.2) is 10.1 Å². The van der Waals surface area contributed by atoms with Gasteiger partial charge in [0, 0.05) is 11.1 Å². The van der Waals surface area contributed by atoms with Crippen LogP contribution in [-0.4, -0.2) is 51.6 Å². The number of aryl methyl sites for hydroxylation is 1. The summed E-state index contributed by atoms with van der Waals surface area (Å²) in [6.07, 6.45) is 1.44. The zero-order valence-corrected chi connectivity index (χ0v) is 18.0. The van der Waals surface area contributed by atoms with Crippen molar-refractivity contribution >= 4 is 17.9 Å². The maximum atomic E-state index is 13.0. The second-order valence-electron chi connectivity index (χ2n) is 6.82. The van der Waals surface area contributed by atoms with Crippen LogP contribution >= 0.6 is 0 Å². The third-order valence-electron chi connectivity index (χ3n) is 4.71. The summed E-state index contributed by atoms with van der Waals surface area (Å²) in [5.74, 6) is 0.546. The largest absolute Gasteiger partial charge is 0.493 e. The van der Waals surface area contributed by atoms with Gasteiger partial charge >= 0.3 is 0 Å². The fourth-order valence-corrected chi connectivity index (χ4v) is 3.12. The monoisotopic (exact) mass is 448 g/mol. The molecule has 0 aliphatic carbocycles. The molecule has 0 spiro atoms. The molecule has 1 amide bonds. The van der Waals surface area contributed by atoms with Gasteiger partial charge in [0.05, 0.1) is 20.4 Å². The number of ether oxygens (including phenoxy) is 2. The van der Waals surface area contributed by atoms with Crippen molar-refractivity contribution in [2.24, 2.45) is 5.10 Å². The fourth-order valence-electron chi connectivity index (χ4n) is 3.12. The van der Waals surface area contributed by atoms with Gasteiger partial charge in [0.15, 0.2) is 17.2 Å². The molecule has 3 N–H and O–H groups in total. The van der Waals surface area contributed by atoms with Crippen molar-refractivity contribution in [3.8, 4) is 28.6 Å². The van der Waals surface area contributed by atoms with Crippen molar-refractivity contribution in [1.29, 1.82) is 0 Å². The molecular formula is C21H20N8O4. The minimum absolute atomic E-state index is 0.00311. The highest BCUT2D eigenvalue weighted by Gasteiger charge is 2.25. The Balaban J connectivity index is 1.67.